The summed E-state index contributed by atoms with van der Waals surface area (Å²) in [6, 6.07) is 0. The zero-order valence-corrected chi connectivity index (χ0v) is 8.54. The van der Waals surface area contributed by atoms with Crippen molar-refractivity contribution in [1.29, 1.82) is 0 Å². The van der Waals surface area contributed by atoms with E-state index < -0.39 is 0 Å². The number of nitrogens with one attached hydrogen (secondary N) is 2. The van der Waals surface area contributed by atoms with Crippen molar-refractivity contribution < 1.29 is 4.79 Å². The van der Waals surface area contributed by atoms with Crippen LogP contribution >= 0.6 is 0 Å². The van der Waals surface area contributed by atoms with E-state index in [0.29, 0.717) is 6.54 Å². The molecule has 2 N–H and O–H groups in total. The van der Waals surface area contributed by atoms with Crippen LogP contribution in [0.25, 0.3) is 0 Å². The van der Waals surface area contributed by atoms with Crippen LogP contribution in [0.5, 0.6) is 0 Å². The van der Waals surface area contributed by atoms with Gasteiger partial charge in [0.2, 0.25) is 0 Å². The van der Waals surface area contributed by atoms with Gasteiger partial charge in [0.1, 0.15) is 6.29 Å². The number of carbonyl (C=O) groups is 1. The van der Waals surface area contributed by atoms with Crippen molar-refractivity contribution in [2.75, 3.05) is 45.8 Å². The minimum Gasteiger partial charge on any atom is -0.316 e. The molecule has 0 aliphatic carbocycles. The fraction of sp³-hybridized carbons (Fsp3) is 0.900. The van der Waals surface area contributed by atoms with Crippen molar-refractivity contribution in [3.8, 4) is 0 Å². The standard InChI is InChI=1S/C10H19N3O/c14-2-1-13(7-9-3-11-4-9)8-10-5-12-6-10/h2,9-12H,1,3-8H2. The highest BCUT2D eigenvalue weighted by molar-refractivity contribution is 5.51. The molecule has 2 fully saturated rings. The Balaban J connectivity index is 1.70. The lowest BCUT2D eigenvalue weighted by Gasteiger charge is -2.36. The second kappa shape index (κ2) is 4.87. The highest BCUT2D eigenvalue weighted by Gasteiger charge is 2.24. The number of hydrogen-bond donors (Lipinski definition) is 2. The molecule has 0 aromatic rings. The summed E-state index contributed by atoms with van der Waals surface area (Å²) >= 11 is 0. The second-order valence-electron chi connectivity index (χ2n) is 4.43. The van der Waals surface area contributed by atoms with Crippen LogP contribution in [0.2, 0.25) is 0 Å². The first kappa shape index (κ1) is 10.1. The largest absolute Gasteiger partial charge is 0.316 e. The third-order valence-corrected chi connectivity index (χ3v) is 3.10. The van der Waals surface area contributed by atoms with Gasteiger partial charge in [-0.25, -0.2) is 0 Å². The number of nitrogens with zero attached hydrogens (tertiary/aromatic N) is 1. The molecule has 0 radical (unpaired) electrons. The van der Waals surface area contributed by atoms with Gasteiger partial charge in [0, 0.05) is 39.3 Å². The number of aldehydes is 1. The molecule has 14 heavy (non-hydrogen) atoms. The first-order valence-electron chi connectivity index (χ1n) is 5.46. The van der Waals surface area contributed by atoms with E-state index >= 15 is 0 Å². The average Bonchev–Trinajstić information content (AvgIpc) is 2.03. The number of rotatable bonds is 6. The van der Waals surface area contributed by atoms with Gasteiger partial charge in [-0.2, -0.15) is 0 Å². The molecule has 0 unspecified atom stereocenters. The summed E-state index contributed by atoms with van der Waals surface area (Å²) in [6.07, 6.45) is 1.03. The Morgan fingerprint density at radius 2 is 1.57 bits per heavy atom. The van der Waals surface area contributed by atoms with Gasteiger partial charge in [0.15, 0.2) is 0 Å². The summed E-state index contributed by atoms with van der Waals surface area (Å²) in [5.41, 5.74) is 0. The Bertz CT molecular complexity index is 174. The van der Waals surface area contributed by atoms with E-state index in [4.69, 9.17) is 0 Å². The number of carbonyl (C=O) groups excluding carboxylic acids is 1. The lowest BCUT2D eigenvalue weighted by atomic mass is 9.99. The van der Waals surface area contributed by atoms with Gasteiger partial charge < -0.3 is 15.4 Å². The molecule has 0 aromatic heterocycles. The highest BCUT2D eigenvalue weighted by atomic mass is 16.1. The van der Waals surface area contributed by atoms with Crippen molar-refractivity contribution in [3.05, 3.63) is 0 Å². The predicted molar refractivity (Wildman–Crippen MR) is 55.2 cm³/mol. The Hall–Kier alpha value is -0.450. The Morgan fingerprint density at radius 1 is 1.07 bits per heavy atom. The zero-order chi connectivity index (χ0) is 9.80. The summed E-state index contributed by atoms with van der Waals surface area (Å²) in [5.74, 6) is 1.53. The second-order valence-corrected chi connectivity index (χ2v) is 4.43. The Morgan fingerprint density at radius 3 is 1.86 bits per heavy atom. The van der Waals surface area contributed by atoms with Crippen LogP contribution in [0.3, 0.4) is 0 Å². The normalized spacial score (nSPS) is 23.2. The third kappa shape index (κ3) is 2.53. The molecule has 2 heterocycles. The van der Waals surface area contributed by atoms with Gasteiger partial charge in [-0.05, 0) is 11.8 Å². The molecule has 0 spiro atoms. The molecule has 2 aliphatic heterocycles. The lowest BCUT2D eigenvalue weighted by Crippen LogP contribution is -2.53. The number of hydrogen-bond acceptors (Lipinski definition) is 4. The van der Waals surface area contributed by atoms with Crippen molar-refractivity contribution >= 4 is 6.29 Å². The summed E-state index contributed by atoms with van der Waals surface area (Å²) < 4.78 is 0. The maximum atomic E-state index is 10.5. The Kier molecular flexibility index (Phi) is 3.50. The van der Waals surface area contributed by atoms with Crippen LogP contribution in [0, 0.1) is 11.8 Å². The quantitative estimate of drug-likeness (QED) is 0.532. The molecule has 0 saturated carbocycles. The van der Waals surface area contributed by atoms with Crippen molar-refractivity contribution in [1.82, 2.24) is 15.5 Å². The van der Waals surface area contributed by atoms with Gasteiger partial charge in [-0.1, -0.05) is 0 Å². The van der Waals surface area contributed by atoms with E-state index in [9.17, 15) is 4.79 Å². The molecule has 4 heteroatoms. The summed E-state index contributed by atoms with van der Waals surface area (Å²) in [7, 11) is 0. The average molecular weight is 197 g/mol. The zero-order valence-electron chi connectivity index (χ0n) is 8.54. The van der Waals surface area contributed by atoms with Crippen LogP contribution in [0.1, 0.15) is 0 Å². The van der Waals surface area contributed by atoms with Gasteiger partial charge in [-0.15, -0.1) is 0 Å². The minimum atomic E-state index is 0.604. The van der Waals surface area contributed by atoms with Crippen LogP contribution in [-0.4, -0.2) is 57.0 Å². The maximum absolute atomic E-state index is 10.5. The molecular weight excluding hydrogens is 178 g/mol. The van der Waals surface area contributed by atoms with Crippen molar-refractivity contribution in [2.45, 2.75) is 0 Å². The molecule has 80 valence electrons. The van der Waals surface area contributed by atoms with E-state index in [2.05, 4.69) is 15.5 Å². The molecule has 2 aliphatic rings. The first-order valence-corrected chi connectivity index (χ1v) is 5.46. The predicted octanol–water partition coefficient (Wildman–Crippen LogP) is -1.07. The van der Waals surface area contributed by atoms with E-state index in [-0.39, 0.29) is 0 Å². The highest BCUT2D eigenvalue weighted by Crippen LogP contribution is 2.10. The Labute approximate surface area is 85.0 Å². The maximum Gasteiger partial charge on any atom is 0.133 e. The van der Waals surface area contributed by atoms with Crippen LogP contribution in [0.4, 0.5) is 0 Å². The monoisotopic (exact) mass is 197 g/mol. The summed E-state index contributed by atoms with van der Waals surface area (Å²) in [4.78, 5) is 12.8. The smallest absolute Gasteiger partial charge is 0.133 e. The third-order valence-electron chi connectivity index (χ3n) is 3.10. The molecule has 2 saturated heterocycles. The van der Waals surface area contributed by atoms with Gasteiger partial charge >= 0.3 is 0 Å². The van der Waals surface area contributed by atoms with E-state index in [1.54, 1.807) is 0 Å². The van der Waals surface area contributed by atoms with Gasteiger partial charge in [0.05, 0.1) is 6.54 Å². The van der Waals surface area contributed by atoms with Crippen LogP contribution < -0.4 is 10.6 Å². The van der Waals surface area contributed by atoms with Gasteiger partial charge in [0.25, 0.3) is 0 Å². The first-order chi connectivity index (χ1) is 6.88. The van der Waals surface area contributed by atoms with Crippen molar-refractivity contribution in [3.63, 3.8) is 0 Å². The van der Waals surface area contributed by atoms with Gasteiger partial charge in [-0.3, -0.25) is 4.90 Å². The molecule has 0 atom stereocenters. The molecule has 0 aromatic carbocycles. The summed E-state index contributed by atoms with van der Waals surface area (Å²) in [6.45, 7) is 7.27. The minimum absolute atomic E-state index is 0.604. The summed E-state index contributed by atoms with van der Waals surface area (Å²) in [5, 5.41) is 6.53. The molecule has 4 nitrogen and oxygen atoms in total. The van der Waals surface area contributed by atoms with Crippen molar-refractivity contribution in [2.24, 2.45) is 11.8 Å². The molecule has 0 bridgehead atoms. The fourth-order valence-electron chi connectivity index (χ4n) is 2.01. The van der Waals surface area contributed by atoms with Crippen LogP contribution in [-0.2, 0) is 4.79 Å². The molecule has 2 rings (SSSR count). The fourth-order valence-corrected chi connectivity index (χ4v) is 2.01. The van der Waals surface area contributed by atoms with Crippen LogP contribution in [0.15, 0.2) is 0 Å². The van der Waals surface area contributed by atoms with E-state index in [1.165, 1.54) is 0 Å². The molecule has 0 amide bonds. The van der Waals surface area contributed by atoms with E-state index in [0.717, 1.165) is 57.4 Å². The topological polar surface area (TPSA) is 44.4 Å². The molecular formula is C10H19N3O. The lowest BCUT2D eigenvalue weighted by molar-refractivity contribution is -0.109. The van der Waals surface area contributed by atoms with E-state index in [1.807, 2.05) is 0 Å². The SMILES string of the molecule is O=CCN(CC1CNC1)CC1CNC1.